The Kier molecular flexibility index (Phi) is 4.12. The van der Waals surface area contributed by atoms with Gasteiger partial charge >= 0.3 is 0 Å². The molecule has 4 heteroatoms. The van der Waals surface area contributed by atoms with Gasteiger partial charge in [-0.1, -0.05) is 42.5 Å². The number of hydrogen-bond donors (Lipinski definition) is 0. The Balaban J connectivity index is 1.98. The van der Waals surface area contributed by atoms with E-state index in [-0.39, 0.29) is 0 Å². The molecule has 0 saturated carbocycles. The van der Waals surface area contributed by atoms with E-state index in [1.807, 2.05) is 24.3 Å². The second-order valence-corrected chi connectivity index (χ2v) is 5.17. The van der Waals surface area contributed by atoms with Gasteiger partial charge < -0.3 is 5.21 Å². The molecular formula is C13H11NOS2. The van der Waals surface area contributed by atoms with Crippen molar-refractivity contribution in [3.63, 3.8) is 0 Å². The van der Waals surface area contributed by atoms with Crippen LogP contribution in [0.5, 0.6) is 0 Å². The molecule has 2 nitrogen and oxygen atoms in total. The van der Waals surface area contributed by atoms with E-state index in [1.165, 1.54) is 18.0 Å². The fraction of sp³-hybridized carbons (Fsp3) is 0.0769. The van der Waals surface area contributed by atoms with E-state index in [0.717, 1.165) is 20.2 Å². The Bertz CT molecular complexity index is 514. The van der Waals surface area contributed by atoms with Gasteiger partial charge in [-0.25, -0.2) is 0 Å². The lowest BCUT2D eigenvalue weighted by atomic mass is 10.2. The van der Waals surface area contributed by atoms with Crippen LogP contribution in [0, 0.1) is 5.21 Å². The largest absolute Gasteiger partial charge is 0.619 e. The number of thioether (sulfide) groups is 1. The Morgan fingerprint density at radius 3 is 2.65 bits per heavy atom. The predicted molar refractivity (Wildman–Crippen MR) is 74.8 cm³/mol. The van der Waals surface area contributed by atoms with E-state index in [4.69, 9.17) is 12.2 Å². The summed E-state index contributed by atoms with van der Waals surface area (Å²) in [6.07, 6.45) is 2.95. The van der Waals surface area contributed by atoms with Crippen molar-refractivity contribution < 1.29 is 4.73 Å². The average molecular weight is 261 g/mol. The molecule has 0 aliphatic rings. The zero-order valence-corrected chi connectivity index (χ0v) is 10.7. The van der Waals surface area contributed by atoms with Gasteiger partial charge in [-0.3, -0.25) is 0 Å². The van der Waals surface area contributed by atoms with Gasteiger partial charge in [-0.2, -0.15) is 4.73 Å². The maximum absolute atomic E-state index is 11.1. The minimum atomic E-state index is 0.749. The number of aromatic nitrogens is 1. The number of benzene rings is 1. The lowest BCUT2D eigenvalue weighted by molar-refractivity contribution is -0.605. The van der Waals surface area contributed by atoms with Crippen LogP contribution in [-0.2, 0) is 5.75 Å². The van der Waals surface area contributed by atoms with Crippen molar-refractivity contribution in [2.24, 2.45) is 0 Å². The fourth-order valence-electron chi connectivity index (χ4n) is 1.38. The number of thiocarbonyl (C=S) groups is 1. The number of rotatable bonds is 3. The van der Waals surface area contributed by atoms with Gasteiger partial charge in [-0.05, 0) is 11.6 Å². The number of pyridine rings is 1. The van der Waals surface area contributed by atoms with Gasteiger partial charge in [0.25, 0.3) is 0 Å². The third-order valence-corrected chi connectivity index (χ3v) is 3.79. The molecule has 1 heterocycles. The van der Waals surface area contributed by atoms with Gasteiger partial charge in [-0.15, -0.1) is 11.8 Å². The molecule has 0 bridgehead atoms. The van der Waals surface area contributed by atoms with Crippen molar-refractivity contribution in [1.82, 2.24) is 0 Å². The topological polar surface area (TPSA) is 26.9 Å². The average Bonchev–Trinajstić information content (AvgIpc) is 2.37. The maximum Gasteiger partial charge on any atom is 0.189 e. The Labute approximate surface area is 110 Å². The first-order chi connectivity index (χ1) is 8.25. The van der Waals surface area contributed by atoms with E-state index < -0.39 is 0 Å². The molecule has 0 aliphatic carbocycles. The predicted octanol–water partition coefficient (Wildman–Crippen LogP) is 2.93. The first-order valence-electron chi connectivity index (χ1n) is 5.15. The summed E-state index contributed by atoms with van der Waals surface area (Å²) in [5.74, 6) is 0.827. The highest BCUT2D eigenvalue weighted by Crippen LogP contribution is 2.18. The summed E-state index contributed by atoms with van der Waals surface area (Å²) in [5.41, 5.74) is 2.03. The van der Waals surface area contributed by atoms with Gasteiger partial charge in [0.1, 0.15) is 0 Å². The van der Waals surface area contributed by atoms with Crippen molar-refractivity contribution in [1.29, 1.82) is 0 Å². The molecule has 0 atom stereocenters. The Morgan fingerprint density at radius 1 is 1.18 bits per heavy atom. The lowest BCUT2D eigenvalue weighted by Gasteiger charge is -2.03. The molecule has 2 aromatic rings. The highest BCUT2D eigenvalue weighted by molar-refractivity contribution is 8.23. The van der Waals surface area contributed by atoms with E-state index >= 15 is 0 Å². The van der Waals surface area contributed by atoms with Crippen molar-refractivity contribution >= 4 is 28.2 Å². The molecule has 0 saturated heterocycles. The second-order valence-electron chi connectivity index (χ2n) is 3.51. The molecule has 1 aromatic heterocycles. The first kappa shape index (κ1) is 12.1. The molecule has 0 N–H and O–H groups in total. The third-order valence-electron chi connectivity index (χ3n) is 2.22. The summed E-state index contributed by atoms with van der Waals surface area (Å²) < 4.78 is 1.52. The van der Waals surface area contributed by atoms with Crippen LogP contribution in [0.4, 0.5) is 0 Å². The summed E-state index contributed by atoms with van der Waals surface area (Å²) in [6, 6.07) is 13.7. The Hall–Kier alpha value is -1.39. The zero-order valence-electron chi connectivity index (χ0n) is 9.08. The standard InChI is InChI=1S/C13H11NOS2/c15-14-8-4-7-12(9-14)13(16)17-10-11-5-2-1-3-6-11/h1-9H,10H2. The highest BCUT2D eigenvalue weighted by atomic mass is 32.2. The summed E-state index contributed by atoms with van der Waals surface area (Å²) >= 11 is 6.86. The molecule has 0 unspecified atom stereocenters. The molecule has 1 aromatic carbocycles. The van der Waals surface area contributed by atoms with Crippen LogP contribution in [0.15, 0.2) is 54.9 Å². The summed E-state index contributed by atoms with van der Waals surface area (Å²) in [5, 5.41) is 11.1. The third kappa shape index (κ3) is 3.54. The number of hydrogen-bond acceptors (Lipinski definition) is 3. The minimum Gasteiger partial charge on any atom is -0.619 e. The molecule has 17 heavy (non-hydrogen) atoms. The lowest BCUT2D eigenvalue weighted by Crippen LogP contribution is -2.25. The van der Waals surface area contributed by atoms with Crippen LogP contribution in [0.25, 0.3) is 0 Å². The van der Waals surface area contributed by atoms with Crippen LogP contribution in [-0.4, -0.2) is 4.20 Å². The van der Waals surface area contributed by atoms with Crippen LogP contribution < -0.4 is 4.73 Å². The monoisotopic (exact) mass is 261 g/mol. The van der Waals surface area contributed by atoms with Crippen LogP contribution >= 0.6 is 24.0 Å². The van der Waals surface area contributed by atoms with Crippen LogP contribution in [0.1, 0.15) is 11.1 Å². The molecule has 0 amide bonds. The molecular weight excluding hydrogens is 250 g/mol. The van der Waals surface area contributed by atoms with E-state index in [0.29, 0.717) is 0 Å². The van der Waals surface area contributed by atoms with Gasteiger partial charge in [0.15, 0.2) is 12.4 Å². The second kappa shape index (κ2) is 5.80. The van der Waals surface area contributed by atoms with E-state index in [2.05, 4.69) is 12.1 Å². The van der Waals surface area contributed by atoms with Gasteiger partial charge in [0.2, 0.25) is 0 Å². The van der Waals surface area contributed by atoms with Crippen molar-refractivity contribution in [2.45, 2.75) is 5.75 Å². The van der Waals surface area contributed by atoms with Crippen molar-refractivity contribution in [3.8, 4) is 0 Å². The smallest absolute Gasteiger partial charge is 0.189 e. The summed E-state index contributed by atoms with van der Waals surface area (Å²) in [7, 11) is 0. The van der Waals surface area contributed by atoms with Crippen LogP contribution in [0.3, 0.4) is 0 Å². The maximum atomic E-state index is 11.1. The molecule has 0 fully saturated rings. The van der Waals surface area contributed by atoms with Gasteiger partial charge in [0.05, 0.1) is 9.76 Å². The molecule has 0 radical (unpaired) electrons. The summed E-state index contributed by atoms with van der Waals surface area (Å²) in [6.45, 7) is 0. The fourth-order valence-corrected chi connectivity index (χ4v) is 2.46. The van der Waals surface area contributed by atoms with E-state index in [1.54, 1.807) is 17.8 Å². The van der Waals surface area contributed by atoms with E-state index in [9.17, 15) is 5.21 Å². The van der Waals surface area contributed by atoms with Crippen molar-refractivity contribution in [3.05, 3.63) is 71.2 Å². The normalized spacial score (nSPS) is 10.1. The minimum absolute atomic E-state index is 0.749. The van der Waals surface area contributed by atoms with Gasteiger partial charge in [0, 0.05) is 11.8 Å². The SMILES string of the molecule is [O-][n+]1cccc(C(=S)SCc2ccccc2)c1. The quantitative estimate of drug-likeness (QED) is 0.483. The number of nitrogens with zero attached hydrogens (tertiary/aromatic N) is 1. The molecule has 2 rings (SSSR count). The Morgan fingerprint density at radius 2 is 1.94 bits per heavy atom. The highest BCUT2D eigenvalue weighted by Gasteiger charge is 2.05. The molecule has 86 valence electrons. The summed E-state index contributed by atoms with van der Waals surface area (Å²) in [4.78, 5) is 0. The molecule has 0 spiro atoms. The molecule has 0 aliphatic heterocycles. The zero-order chi connectivity index (χ0) is 12.1. The van der Waals surface area contributed by atoms with Crippen LogP contribution in [0.2, 0.25) is 0 Å². The van der Waals surface area contributed by atoms with Crippen molar-refractivity contribution in [2.75, 3.05) is 0 Å². The first-order valence-corrected chi connectivity index (χ1v) is 6.55.